The quantitative estimate of drug-likeness (QED) is 0.336. The average Bonchev–Trinajstić information content (AvgIpc) is 3.48. The second kappa shape index (κ2) is 9.86. The highest BCUT2D eigenvalue weighted by Crippen LogP contribution is 2.32. The van der Waals surface area contributed by atoms with Gasteiger partial charge in [0.15, 0.2) is 0 Å². The van der Waals surface area contributed by atoms with Crippen LogP contribution in [-0.4, -0.2) is 39.7 Å². The van der Waals surface area contributed by atoms with Crippen LogP contribution in [0.5, 0.6) is 0 Å². The third-order valence-corrected chi connectivity index (χ3v) is 6.39. The Morgan fingerprint density at radius 1 is 1.06 bits per heavy atom. The lowest BCUT2D eigenvalue weighted by Crippen LogP contribution is -2.30. The molecule has 0 amide bonds. The molecule has 35 heavy (non-hydrogen) atoms. The van der Waals surface area contributed by atoms with Gasteiger partial charge in [-0.15, -0.1) is 10.2 Å². The van der Waals surface area contributed by atoms with E-state index in [1.165, 1.54) is 4.72 Å². The maximum atomic E-state index is 12.9. The molecule has 184 valence electrons. The fourth-order valence-corrected chi connectivity index (χ4v) is 4.06. The van der Waals surface area contributed by atoms with E-state index in [-0.39, 0.29) is 12.0 Å². The van der Waals surface area contributed by atoms with E-state index in [0.717, 1.165) is 35.1 Å². The van der Waals surface area contributed by atoms with Gasteiger partial charge in [0.1, 0.15) is 0 Å². The Kier molecular flexibility index (Phi) is 6.87. The molecule has 0 unspecified atom stereocenters. The lowest BCUT2D eigenvalue weighted by Gasteiger charge is -2.11. The second-order valence-corrected chi connectivity index (χ2v) is 9.42. The number of halogens is 3. The number of rotatable bonds is 9. The number of nitrogens with one attached hydrogen (secondary N) is 2. The molecule has 0 saturated carbocycles. The summed E-state index contributed by atoms with van der Waals surface area (Å²) in [5.74, 6) is -0.0868. The topological polar surface area (TPSA) is 127 Å². The summed E-state index contributed by atoms with van der Waals surface area (Å²) in [5.41, 5.74) is -1.55. The number of sulfonamides is 1. The van der Waals surface area contributed by atoms with Crippen molar-refractivity contribution in [2.45, 2.75) is 38.1 Å². The van der Waals surface area contributed by atoms with Gasteiger partial charge in [-0.1, -0.05) is 67.0 Å². The number of H-pyrrole nitrogens is 1. The zero-order valence-electron chi connectivity index (χ0n) is 18.5. The molecular formula is C22H21F3N6O3S. The highest BCUT2D eigenvalue weighted by Gasteiger charge is 2.47. The normalized spacial score (nSPS) is 12.1. The predicted octanol–water partition coefficient (Wildman–Crippen LogP) is 4.72. The minimum Gasteiger partial charge on any atom is -0.337 e. The van der Waals surface area contributed by atoms with Gasteiger partial charge in [0.25, 0.3) is 0 Å². The van der Waals surface area contributed by atoms with Gasteiger partial charge in [-0.3, -0.25) is 0 Å². The van der Waals surface area contributed by atoms with E-state index in [2.05, 4.69) is 25.8 Å². The number of unbranched alkanes of at least 4 members (excludes halogenated alkanes) is 1. The van der Waals surface area contributed by atoms with E-state index >= 15 is 0 Å². The van der Waals surface area contributed by atoms with E-state index in [0.29, 0.717) is 17.9 Å². The van der Waals surface area contributed by atoms with Crippen LogP contribution in [0.1, 0.15) is 36.6 Å². The molecule has 0 bridgehead atoms. The van der Waals surface area contributed by atoms with Crippen molar-refractivity contribution in [3.63, 3.8) is 0 Å². The Morgan fingerprint density at radius 2 is 1.77 bits per heavy atom. The summed E-state index contributed by atoms with van der Waals surface area (Å²) in [6.07, 6.45) is 2.12. The van der Waals surface area contributed by atoms with Crippen molar-refractivity contribution in [3.05, 3.63) is 65.4 Å². The molecule has 0 aliphatic rings. The van der Waals surface area contributed by atoms with Gasteiger partial charge < -0.3 is 4.52 Å². The zero-order valence-corrected chi connectivity index (χ0v) is 19.3. The Labute approximate surface area is 198 Å². The van der Waals surface area contributed by atoms with Crippen molar-refractivity contribution in [2.24, 2.45) is 0 Å². The fourth-order valence-electron chi connectivity index (χ4n) is 3.54. The molecule has 0 aliphatic heterocycles. The molecule has 4 rings (SSSR count). The molecule has 0 atom stereocenters. The Hall–Kier alpha value is -3.74. The highest BCUT2D eigenvalue weighted by molar-refractivity contribution is 7.93. The van der Waals surface area contributed by atoms with Crippen LogP contribution in [0.15, 0.2) is 53.1 Å². The predicted molar refractivity (Wildman–Crippen MR) is 122 cm³/mol. The van der Waals surface area contributed by atoms with E-state index in [1.54, 1.807) is 12.1 Å². The van der Waals surface area contributed by atoms with Crippen LogP contribution in [0, 0.1) is 0 Å². The summed E-state index contributed by atoms with van der Waals surface area (Å²) in [5, 5.41) is 17.9. The first-order valence-electron chi connectivity index (χ1n) is 10.7. The van der Waals surface area contributed by atoms with Gasteiger partial charge >= 0.3 is 15.5 Å². The van der Waals surface area contributed by atoms with E-state index in [1.807, 2.05) is 43.3 Å². The van der Waals surface area contributed by atoms with Crippen LogP contribution >= 0.6 is 0 Å². The van der Waals surface area contributed by atoms with E-state index in [4.69, 9.17) is 4.52 Å². The molecule has 2 aromatic heterocycles. The average molecular weight is 507 g/mol. The summed E-state index contributed by atoms with van der Waals surface area (Å²) in [6, 6.07) is 14.8. The van der Waals surface area contributed by atoms with Gasteiger partial charge in [0.2, 0.25) is 11.7 Å². The lowest BCUT2D eigenvalue weighted by atomic mass is 9.96. The molecule has 0 saturated heterocycles. The first-order chi connectivity index (χ1) is 16.7. The largest absolute Gasteiger partial charge is 0.516 e. The van der Waals surface area contributed by atoms with Crippen molar-refractivity contribution < 1.29 is 26.1 Å². The van der Waals surface area contributed by atoms with E-state index in [9.17, 15) is 21.6 Å². The second-order valence-electron chi connectivity index (χ2n) is 7.75. The number of aromatic nitrogens is 5. The van der Waals surface area contributed by atoms with Gasteiger partial charge in [-0.25, -0.2) is 4.72 Å². The standard InChI is InChI=1S/C22H21F3N6O3S/c1-2-3-8-19-18(21(34-28-19)29-35(32,33)22(23,24)25)13-14-9-11-15(12-10-14)16-6-4-5-7-17(16)20-26-30-31-27-20/h4-7,9-12,29H,2-3,8,13H2,1H3,(H,26,27,30,31). The molecule has 2 aromatic carbocycles. The monoisotopic (exact) mass is 506 g/mol. The Morgan fingerprint density at radius 3 is 2.40 bits per heavy atom. The number of tetrazole rings is 1. The molecule has 13 heteroatoms. The van der Waals surface area contributed by atoms with Crippen LogP contribution in [0.25, 0.3) is 22.5 Å². The highest BCUT2D eigenvalue weighted by atomic mass is 32.2. The Bertz CT molecular complexity index is 1380. The SMILES string of the molecule is CCCCc1noc(NS(=O)(=O)C(F)(F)F)c1Cc1ccc(-c2ccccc2-c2nn[nH]n2)cc1. The van der Waals surface area contributed by atoms with Crippen molar-refractivity contribution in [1.82, 2.24) is 25.8 Å². The molecule has 2 N–H and O–H groups in total. The van der Waals surface area contributed by atoms with Crippen molar-refractivity contribution in [3.8, 4) is 22.5 Å². The number of aryl methyl sites for hydroxylation is 1. The minimum atomic E-state index is -5.65. The summed E-state index contributed by atoms with van der Waals surface area (Å²) in [6.45, 7) is 1.96. The molecule has 0 radical (unpaired) electrons. The number of hydrogen-bond donors (Lipinski definition) is 2. The third kappa shape index (κ3) is 5.34. The number of alkyl halides is 3. The summed E-state index contributed by atoms with van der Waals surface area (Å²) in [4.78, 5) is 0. The first-order valence-corrected chi connectivity index (χ1v) is 12.2. The molecule has 2 heterocycles. The van der Waals surface area contributed by atoms with Crippen LogP contribution in [0.2, 0.25) is 0 Å². The van der Waals surface area contributed by atoms with Gasteiger partial charge in [0, 0.05) is 17.5 Å². The molecule has 4 aromatic rings. The third-order valence-electron chi connectivity index (χ3n) is 5.33. The van der Waals surface area contributed by atoms with Crippen LogP contribution in [-0.2, 0) is 22.9 Å². The minimum absolute atomic E-state index is 0.130. The van der Waals surface area contributed by atoms with Gasteiger partial charge in [0.05, 0.1) is 5.69 Å². The Balaban J connectivity index is 1.63. The molecule has 0 spiro atoms. The van der Waals surface area contributed by atoms with Crippen molar-refractivity contribution in [2.75, 3.05) is 4.72 Å². The number of nitrogens with zero attached hydrogens (tertiary/aromatic N) is 4. The number of benzene rings is 2. The lowest BCUT2D eigenvalue weighted by molar-refractivity contribution is -0.0430. The summed E-state index contributed by atoms with van der Waals surface area (Å²) in [7, 11) is -5.65. The summed E-state index contributed by atoms with van der Waals surface area (Å²) >= 11 is 0. The van der Waals surface area contributed by atoms with Crippen LogP contribution < -0.4 is 4.72 Å². The van der Waals surface area contributed by atoms with Crippen LogP contribution in [0.3, 0.4) is 0 Å². The van der Waals surface area contributed by atoms with Crippen molar-refractivity contribution >= 4 is 15.9 Å². The smallest absolute Gasteiger partial charge is 0.337 e. The molecule has 0 aliphatic carbocycles. The van der Waals surface area contributed by atoms with Crippen molar-refractivity contribution in [1.29, 1.82) is 0 Å². The van der Waals surface area contributed by atoms with Crippen LogP contribution in [0.4, 0.5) is 19.1 Å². The number of anilines is 1. The fraction of sp³-hybridized carbons (Fsp3) is 0.273. The van der Waals surface area contributed by atoms with E-state index < -0.39 is 21.4 Å². The zero-order chi connectivity index (χ0) is 25.1. The maximum Gasteiger partial charge on any atom is 0.516 e. The maximum absolute atomic E-state index is 12.9. The number of aromatic amines is 1. The van der Waals surface area contributed by atoms with Gasteiger partial charge in [-0.2, -0.15) is 26.8 Å². The number of hydrogen-bond acceptors (Lipinski definition) is 7. The van der Waals surface area contributed by atoms with Gasteiger partial charge in [-0.05, 0) is 34.7 Å². The molecular weight excluding hydrogens is 485 g/mol. The molecule has 9 nitrogen and oxygen atoms in total. The first kappa shape index (κ1) is 24.4. The molecule has 0 fully saturated rings. The summed E-state index contributed by atoms with van der Waals surface area (Å²) < 4.78 is 68.5.